The van der Waals surface area contributed by atoms with Crippen LogP contribution in [0.25, 0.3) is 10.9 Å². The monoisotopic (exact) mass is 585 g/mol. The zero-order chi connectivity index (χ0) is 30.0. The molecule has 2 aromatic carbocycles. The highest BCUT2D eigenvalue weighted by atomic mass is 16.2. The number of carbonyl (C=O) groups excluding carboxylic acids is 2. The molecule has 2 heterocycles. The Morgan fingerprint density at radius 1 is 0.884 bits per heavy atom. The number of piperidine rings is 1. The molecule has 0 spiro atoms. The highest BCUT2D eigenvalue weighted by Gasteiger charge is 2.21. The minimum absolute atomic E-state index is 0.0665. The molecular weight excluding hydrogens is 542 g/mol. The van der Waals surface area contributed by atoms with E-state index in [1.165, 1.54) is 28.5 Å². The molecular formula is C34H43N5O4. The van der Waals surface area contributed by atoms with E-state index in [0.717, 1.165) is 56.3 Å². The van der Waals surface area contributed by atoms with Gasteiger partial charge < -0.3 is 10.6 Å². The molecule has 2 amide bonds. The Morgan fingerprint density at radius 2 is 1.65 bits per heavy atom. The molecule has 1 aliphatic carbocycles. The minimum atomic E-state index is -0.528. The van der Waals surface area contributed by atoms with Gasteiger partial charge in [-0.05, 0) is 69.1 Å². The topological polar surface area (TPSA) is 105 Å². The number of hydrogen-bond acceptors (Lipinski definition) is 5. The molecule has 9 heteroatoms. The summed E-state index contributed by atoms with van der Waals surface area (Å²) in [5, 5.41) is 6.45. The van der Waals surface area contributed by atoms with Gasteiger partial charge in [-0.2, -0.15) is 0 Å². The zero-order valence-corrected chi connectivity index (χ0v) is 24.9. The molecule has 1 saturated heterocycles. The van der Waals surface area contributed by atoms with E-state index >= 15 is 0 Å². The summed E-state index contributed by atoms with van der Waals surface area (Å²) >= 11 is 0. The summed E-state index contributed by atoms with van der Waals surface area (Å²) in [5.41, 5.74) is 2.18. The van der Waals surface area contributed by atoms with Crippen LogP contribution in [0.4, 0.5) is 0 Å². The molecule has 0 bridgehead atoms. The van der Waals surface area contributed by atoms with Crippen molar-refractivity contribution in [2.75, 3.05) is 19.6 Å². The first-order valence-corrected chi connectivity index (χ1v) is 15.7. The van der Waals surface area contributed by atoms with E-state index in [1.54, 1.807) is 24.3 Å². The molecule has 0 radical (unpaired) electrons. The van der Waals surface area contributed by atoms with Gasteiger partial charge in [0.15, 0.2) is 0 Å². The molecule has 228 valence electrons. The van der Waals surface area contributed by atoms with Gasteiger partial charge in [0.1, 0.15) is 6.54 Å². The quantitative estimate of drug-likeness (QED) is 0.315. The molecule has 0 atom stereocenters. The summed E-state index contributed by atoms with van der Waals surface area (Å²) in [5.74, 6) is -0.328. The molecule has 1 fully saturated rings. The summed E-state index contributed by atoms with van der Waals surface area (Å²) in [4.78, 5) is 54.6. The summed E-state index contributed by atoms with van der Waals surface area (Å²) < 4.78 is 2.53. The van der Waals surface area contributed by atoms with Gasteiger partial charge >= 0.3 is 5.69 Å². The Hall–Kier alpha value is -3.98. The predicted octanol–water partition coefficient (Wildman–Crippen LogP) is 3.73. The molecule has 43 heavy (non-hydrogen) atoms. The minimum Gasteiger partial charge on any atom is -0.354 e. The molecule has 2 aliphatic rings. The van der Waals surface area contributed by atoms with E-state index < -0.39 is 11.2 Å². The number of fused-ring (bicyclic) bond motifs is 1. The molecule has 0 saturated carbocycles. The second-order valence-electron chi connectivity index (χ2n) is 11.8. The third-order valence-electron chi connectivity index (χ3n) is 8.57. The number of nitrogens with zero attached hydrogens (tertiary/aromatic N) is 3. The Balaban J connectivity index is 1.14. The van der Waals surface area contributed by atoms with Crippen LogP contribution in [-0.2, 0) is 29.2 Å². The second kappa shape index (κ2) is 15.0. The normalized spacial score (nSPS) is 16.1. The van der Waals surface area contributed by atoms with Crippen molar-refractivity contribution in [3.63, 3.8) is 0 Å². The van der Waals surface area contributed by atoms with E-state index in [2.05, 4.69) is 45.9 Å². The van der Waals surface area contributed by atoms with Crippen LogP contribution < -0.4 is 21.9 Å². The van der Waals surface area contributed by atoms with Crippen molar-refractivity contribution in [3.8, 4) is 0 Å². The van der Waals surface area contributed by atoms with Crippen LogP contribution in [0.15, 0.2) is 75.8 Å². The number of hydrogen-bond donors (Lipinski definition) is 2. The van der Waals surface area contributed by atoms with E-state index in [4.69, 9.17) is 0 Å². The maximum Gasteiger partial charge on any atom is 0.331 e. The van der Waals surface area contributed by atoms with Crippen LogP contribution >= 0.6 is 0 Å². The summed E-state index contributed by atoms with van der Waals surface area (Å²) in [6.07, 6.45) is 10.0. The Morgan fingerprint density at radius 3 is 2.42 bits per heavy atom. The van der Waals surface area contributed by atoms with Crippen molar-refractivity contribution < 1.29 is 9.59 Å². The number of amides is 2. The van der Waals surface area contributed by atoms with Gasteiger partial charge in [0.25, 0.3) is 5.56 Å². The molecule has 9 nitrogen and oxygen atoms in total. The zero-order valence-electron chi connectivity index (χ0n) is 24.9. The SMILES string of the molecule is O=C(Cn1c(=O)n(CCCC(=O)NC2CCN(Cc3ccccc3)CC2)c(=O)c2ccccc21)NCCC1=CCCCC1. The second-order valence-corrected chi connectivity index (χ2v) is 11.8. The lowest BCUT2D eigenvalue weighted by molar-refractivity contribution is -0.122. The van der Waals surface area contributed by atoms with Gasteiger partial charge in [-0.3, -0.25) is 28.4 Å². The first kappa shape index (κ1) is 30.5. The van der Waals surface area contributed by atoms with E-state index in [1.807, 2.05) is 6.07 Å². The van der Waals surface area contributed by atoms with Crippen molar-refractivity contribution in [2.45, 2.75) is 83.5 Å². The Kier molecular flexibility index (Phi) is 10.6. The summed E-state index contributed by atoms with van der Waals surface area (Å²) in [6, 6.07) is 17.4. The molecule has 3 aromatic rings. The molecule has 0 unspecified atom stereocenters. The predicted molar refractivity (Wildman–Crippen MR) is 169 cm³/mol. The van der Waals surface area contributed by atoms with Crippen LogP contribution in [0.3, 0.4) is 0 Å². The summed E-state index contributed by atoms with van der Waals surface area (Å²) in [7, 11) is 0. The maximum absolute atomic E-state index is 13.4. The molecule has 1 aliphatic heterocycles. The Bertz CT molecular complexity index is 1550. The molecule has 1 aromatic heterocycles. The lowest BCUT2D eigenvalue weighted by atomic mass is 9.97. The fourth-order valence-electron chi connectivity index (χ4n) is 6.19. The van der Waals surface area contributed by atoms with Gasteiger partial charge in [0.2, 0.25) is 11.8 Å². The largest absolute Gasteiger partial charge is 0.354 e. The third-order valence-corrected chi connectivity index (χ3v) is 8.57. The van der Waals surface area contributed by atoms with Gasteiger partial charge in [0.05, 0.1) is 10.9 Å². The molecule has 5 rings (SSSR count). The van der Waals surface area contributed by atoms with Gasteiger partial charge in [-0.1, -0.05) is 54.1 Å². The van der Waals surface area contributed by atoms with Gasteiger partial charge in [-0.15, -0.1) is 0 Å². The van der Waals surface area contributed by atoms with Crippen molar-refractivity contribution in [3.05, 3.63) is 92.6 Å². The number of para-hydroxylation sites is 1. The first-order valence-electron chi connectivity index (χ1n) is 15.7. The average Bonchev–Trinajstić information content (AvgIpc) is 3.03. The number of benzene rings is 2. The van der Waals surface area contributed by atoms with E-state index in [9.17, 15) is 19.2 Å². The van der Waals surface area contributed by atoms with Crippen LogP contribution in [0.2, 0.25) is 0 Å². The highest BCUT2D eigenvalue weighted by Crippen LogP contribution is 2.19. The van der Waals surface area contributed by atoms with Crippen molar-refractivity contribution in [1.29, 1.82) is 0 Å². The maximum atomic E-state index is 13.4. The number of allylic oxidation sites excluding steroid dienone is 1. The lowest BCUT2D eigenvalue weighted by Gasteiger charge is -2.32. The van der Waals surface area contributed by atoms with Crippen molar-refractivity contribution >= 4 is 22.7 Å². The van der Waals surface area contributed by atoms with Crippen molar-refractivity contribution in [2.24, 2.45) is 0 Å². The van der Waals surface area contributed by atoms with Gasteiger partial charge in [-0.25, -0.2) is 4.79 Å². The third kappa shape index (κ3) is 8.32. The summed E-state index contributed by atoms with van der Waals surface area (Å²) in [6.45, 7) is 3.25. The van der Waals surface area contributed by atoms with Crippen LogP contribution in [-0.4, -0.2) is 51.5 Å². The average molecular weight is 586 g/mol. The standard InChI is InChI=1S/C34H43N5O4/c40-31(36-28-18-22-37(23-19-28)24-27-12-5-2-6-13-27)16-9-21-38-33(42)29-14-7-8-15-30(29)39(34(38)43)25-32(41)35-20-17-26-10-3-1-4-11-26/h2,5-8,10,12-15,28H,1,3-4,9,11,16-25H2,(H,35,41)(H,36,40). The number of nitrogens with one attached hydrogen (secondary N) is 2. The number of carbonyl (C=O) groups is 2. The fraction of sp³-hybridized carbons (Fsp3) is 0.471. The highest BCUT2D eigenvalue weighted by molar-refractivity contribution is 5.81. The van der Waals surface area contributed by atoms with Crippen molar-refractivity contribution in [1.82, 2.24) is 24.7 Å². The fourth-order valence-corrected chi connectivity index (χ4v) is 6.19. The number of aromatic nitrogens is 2. The first-order chi connectivity index (χ1) is 21.0. The Labute approximate surface area is 252 Å². The van der Waals surface area contributed by atoms with Gasteiger partial charge in [0, 0.05) is 45.2 Å². The number of likely N-dealkylation sites (tertiary alicyclic amines) is 1. The van der Waals surface area contributed by atoms with E-state index in [0.29, 0.717) is 23.9 Å². The number of rotatable bonds is 12. The van der Waals surface area contributed by atoms with Crippen LogP contribution in [0.1, 0.15) is 63.4 Å². The lowest BCUT2D eigenvalue weighted by Crippen LogP contribution is -2.44. The van der Waals surface area contributed by atoms with E-state index in [-0.39, 0.29) is 37.4 Å². The molecule has 2 N–H and O–H groups in total. The smallest absolute Gasteiger partial charge is 0.331 e. The van der Waals surface area contributed by atoms with Crippen LogP contribution in [0, 0.1) is 0 Å². The van der Waals surface area contributed by atoms with Crippen LogP contribution in [0.5, 0.6) is 0 Å².